The Morgan fingerprint density at radius 2 is 1.58 bits per heavy atom. The second-order valence-electron chi connectivity index (χ2n) is 13.1. The maximum Gasteiger partial charge on any atom is 0.407 e. The number of oxazole rings is 1. The fourth-order valence-corrected chi connectivity index (χ4v) is 5.64. The highest BCUT2D eigenvalue weighted by Gasteiger charge is 2.19. The molecule has 1 saturated carbocycles. The number of hydrogen-bond donors (Lipinski definition) is 1. The van der Waals surface area contributed by atoms with Crippen LogP contribution in [0.15, 0.2) is 77.2 Å². The van der Waals surface area contributed by atoms with Crippen LogP contribution in [-0.4, -0.2) is 35.3 Å². The van der Waals surface area contributed by atoms with Crippen LogP contribution in [0.4, 0.5) is 4.79 Å². The number of ether oxygens (including phenoxy) is 4. The number of esters is 1. The molecule has 0 saturated heterocycles. The van der Waals surface area contributed by atoms with Gasteiger partial charge in [0.15, 0.2) is 0 Å². The topological polar surface area (TPSA) is 109 Å². The molecule has 0 atom stereocenters. The van der Waals surface area contributed by atoms with Gasteiger partial charge in [-0.2, -0.15) is 0 Å². The highest BCUT2D eigenvalue weighted by molar-refractivity contribution is 5.70. The van der Waals surface area contributed by atoms with Gasteiger partial charge >= 0.3 is 12.1 Å². The minimum atomic E-state index is -0.553. The number of amides is 1. The molecule has 0 bridgehead atoms. The van der Waals surface area contributed by atoms with Crippen LogP contribution in [0.3, 0.4) is 0 Å². The molecule has 4 aromatic rings. The van der Waals surface area contributed by atoms with Crippen molar-refractivity contribution in [1.82, 2.24) is 10.3 Å². The molecule has 0 aliphatic heterocycles. The van der Waals surface area contributed by atoms with E-state index in [2.05, 4.69) is 5.32 Å². The summed E-state index contributed by atoms with van der Waals surface area (Å²) in [6.07, 6.45) is 6.18. The number of carbonyl (C=O) groups excluding carboxylic acids is 2. The number of alkyl carbamates (subject to hydrolysis) is 1. The number of rotatable bonds is 13. The Balaban J connectivity index is 1.19. The lowest BCUT2D eigenvalue weighted by molar-refractivity contribution is -0.154. The number of nitrogens with one attached hydrogen (secondary N) is 1. The molecular weight excluding hydrogens is 608 g/mol. The van der Waals surface area contributed by atoms with Crippen LogP contribution in [0.2, 0.25) is 0 Å². The monoisotopic (exact) mass is 654 g/mol. The minimum absolute atomic E-state index is 0.0698. The predicted octanol–water partition coefficient (Wildman–Crippen LogP) is 8.90. The number of hydrogen-bond acceptors (Lipinski definition) is 8. The highest BCUT2D eigenvalue weighted by atomic mass is 16.6. The second-order valence-corrected chi connectivity index (χ2v) is 13.1. The van der Waals surface area contributed by atoms with E-state index >= 15 is 0 Å². The number of carbonyl (C=O) groups is 2. The number of nitrogens with zero attached hydrogens (tertiary/aromatic N) is 1. The first-order valence-corrected chi connectivity index (χ1v) is 16.8. The van der Waals surface area contributed by atoms with Crippen LogP contribution in [0, 0.1) is 6.92 Å². The normalized spacial score (nSPS) is 13.5. The number of aromatic nitrogens is 1. The average Bonchev–Trinajstić information content (AvgIpc) is 3.43. The van der Waals surface area contributed by atoms with E-state index in [1.807, 2.05) is 100 Å². The van der Waals surface area contributed by atoms with E-state index in [-0.39, 0.29) is 25.0 Å². The summed E-state index contributed by atoms with van der Waals surface area (Å²) in [5, 5.41) is 2.99. The number of benzene rings is 3. The highest BCUT2D eigenvalue weighted by Crippen LogP contribution is 2.28. The molecule has 0 spiro atoms. The van der Waals surface area contributed by atoms with Crippen molar-refractivity contribution in [2.45, 2.75) is 97.3 Å². The third-order valence-electron chi connectivity index (χ3n) is 8.06. The standard InChI is InChI=1S/C39H46N2O7/c1-27-35(41-37(46-27)29-16-19-33(20-17-29)47-32-13-9-6-10-14-32)23-24-44-34-21-15-28(18-22-36(42)48-39(2,3)4)30(25-34)26-45-38(43)40-31-11-7-5-8-12-31/h6,9-10,13-17,19-21,25,31H,5,7-8,11-12,18,22-24,26H2,1-4H3,(H,40,43). The minimum Gasteiger partial charge on any atom is -0.493 e. The third-order valence-corrected chi connectivity index (χ3v) is 8.06. The van der Waals surface area contributed by atoms with Crippen LogP contribution in [0.1, 0.15) is 81.9 Å². The van der Waals surface area contributed by atoms with Crippen molar-refractivity contribution in [3.63, 3.8) is 0 Å². The zero-order chi connectivity index (χ0) is 33.9. The Morgan fingerprint density at radius 1 is 0.875 bits per heavy atom. The molecule has 9 nitrogen and oxygen atoms in total. The van der Waals surface area contributed by atoms with E-state index < -0.39 is 11.7 Å². The first-order chi connectivity index (χ1) is 23.1. The van der Waals surface area contributed by atoms with Gasteiger partial charge in [-0.25, -0.2) is 9.78 Å². The van der Waals surface area contributed by atoms with Crippen LogP contribution < -0.4 is 14.8 Å². The molecule has 1 aliphatic carbocycles. The van der Waals surface area contributed by atoms with E-state index in [1.165, 1.54) is 6.42 Å². The predicted molar refractivity (Wildman–Crippen MR) is 183 cm³/mol. The van der Waals surface area contributed by atoms with Gasteiger partial charge in [0.05, 0.1) is 12.3 Å². The summed E-state index contributed by atoms with van der Waals surface area (Å²) in [6, 6.07) is 23.1. The van der Waals surface area contributed by atoms with Crippen molar-refractivity contribution >= 4 is 12.1 Å². The van der Waals surface area contributed by atoms with Crippen molar-refractivity contribution in [3.05, 3.63) is 95.4 Å². The van der Waals surface area contributed by atoms with Gasteiger partial charge in [0.25, 0.3) is 0 Å². The molecule has 48 heavy (non-hydrogen) atoms. The Kier molecular flexibility index (Phi) is 11.8. The molecule has 1 amide bonds. The molecule has 3 aromatic carbocycles. The fourth-order valence-electron chi connectivity index (χ4n) is 5.64. The average molecular weight is 655 g/mol. The second kappa shape index (κ2) is 16.4. The Hall–Kier alpha value is -4.79. The van der Waals surface area contributed by atoms with Gasteiger partial charge in [0, 0.05) is 24.4 Å². The van der Waals surface area contributed by atoms with Crippen molar-refractivity contribution in [2.24, 2.45) is 0 Å². The maximum absolute atomic E-state index is 12.6. The molecule has 5 rings (SSSR count). The molecule has 0 radical (unpaired) electrons. The van der Waals surface area contributed by atoms with Gasteiger partial charge in [-0.1, -0.05) is 43.5 Å². The van der Waals surface area contributed by atoms with E-state index in [0.717, 1.165) is 65.3 Å². The summed E-state index contributed by atoms with van der Waals surface area (Å²) in [4.78, 5) is 29.7. The molecular formula is C39H46N2O7. The van der Waals surface area contributed by atoms with Gasteiger partial charge in [-0.15, -0.1) is 0 Å². The Morgan fingerprint density at radius 3 is 2.31 bits per heavy atom. The maximum atomic E-state index is 12.6. The summed E-state index contributed by atoms with van der Waals surface area (Å²) in [7, 11) is 0. The SMILES string of the molecule is Cc1oc(-c2ccc(Oc3ccccc3)cc2)nc1CCOc1ccc(CCC(=O)OC(C)(C)C)c(COC(=O)NC2CCCCC2)c1. The Labute approximate surface area is 283 Å². The van der Waals surface area contributed by atoms with E-state index in [1.54, 1.807) is 0 Å². The van der Waals surface area contributed by atoms with Gasteiger partial charge < -0.3 is 28.7 Å². The lowest BCUT2D eigenvalue weighted by Gasteiger charge is -2.22. The van der Waals surface area contributed by atoms with Gasteiger partial charge in [-0.3, -0.25) is 4.79 Å². The first-order valence-electron chi connectivity index (χ1n) is 16.8. The van der Waals surface area contributed by atoms with Gasteiger partial charge in [-0.05, 0) is 107 Å². The van der Waals surface area contributed by atoms with Crippen molar-refractivity contribution < 1.29 is 33.0 Å². The third kappa shape index (κ3) is 10.6. The molecule has 1 N–H and O–H groups in total. The Bertz CT molecular complexity index is 1640. The van der Waals surface area contributed by atoms with Gasteiger partial charge in [0.2, 0.25) is 5.89 Å². The molecule has 1 aliphatic rings. The van der Waals surface area contributed by atoms with Crippen LogP contribution in [0.5, 0.6) is 17.2 Å². The van der Waals surface area contributed by atoms with Crippen LogP contribution in [0.25, 0.3) is 11.5 Å². The van der Waals surface area contributed by atoms with E-state index in [9.17, 15) is 9.59 Å². The summed E-state index contributed by atoms with van der Waals surface area (Å²) < 4.78 is 29.1. The number of aryl methyl sites for hydroxylation is 2. The van der Waals surface area contributed by atoms with Crippen molar-refractivity contribution in [2.75, 3.05) is 6.61 Å². The quantitative estimate of drug-likeness (QED) is 0.142. The molecule has 9 heteroatoms. The smallest absolute Gasteiger partial charge is 0.407 e. The lowest BCUT2D eigenvalue weighted by atomic mass is 9.96. The zero-order valence-corrected chi connectivity index (χ0v) is 28.4. The fraction of sp³-hybridized carbons (Fsp3) is 0.410. The summed E-state index contributed by atoms with van der Waals surface area (Å²) in [5.74, 6) is 3.13. The summed E-state index contributed by atoms with van der Waals surface area (Å²) in [6.45, 7) is 7.88. The summed E-state index contributed by atoms with van der Waals surface area (Å²) in [5.41, 5.74) is 2.80. The molecule has 1 heterocycles. The molecule has 0 unspecified atom stereocenters. The zero-order valence-electron chi connectivity index (χ0n) is 28.4. The van der Waals surface area contributed by atoms with Crippen LogP contribution >= 0.6 is 0 Å². The largest absolute Gasteiger partial charge is 0.493 e. The van der Waals surface area contributed by atoms with Crippen molar-refractivity contribution in [1.29, 1.82) is 0 Å². The van der Waals surface area contributed by atoms with Gasteiger partial charge in [0.1, 0.15) is 35.2 Å². The number of para-hydroxylation sites is 1. The first kappa shape index (κ1) is 34.5. The molecule has 1 aromatic heterocycles. The molecule has 254 valence electrons. The molecule has 1 fully saturated rings. The van der Waals surface area contributed by atoms with E-state index in [0.29, 0.717) is 31.1 Å². The summed E-state index contributed by atoms with van der Waals surface area (Å²) >= 11 is 0. The van der Waals surface area contributed by atoms with Crippen molar-refractivity contribution in [3.8, 4) is 28.7 Å². The lowest BCUT2D eigenvalue weighted by Crippen LogP contribution is -2.36. The van der Waals surface area contributed by atoms with E-state index in [4.69, 9.17) is 28.3 Å². The van der Waals surface area contributed by atoms with Crippen LogP contribution in [-0.2, 0) is 33.7 Å².